The predicted octanol–water partition coefficient (Wildman–Crippen LogP) is 5.94. The van der Waals surface area contributed by atoms with Gasteiger partial charge in [0.25, 0.3) is 5.78 Å². The van der Waals surface area contributed by atoms with E-state index in [2.05, 4.69) is 4.90 Å². The number of ether oxygens (including phenoxy) is 2. The zero-order valence-corrected chi connectivity index (χ0v) is 21.9. The number of carbonyl (C=O) groups excluding carboxylic acids is 1. The van der Waals surface area contributed by atoms with Gasteiger partial charge in [-0.15, -0.1) is 0 Å². The number of rotatable bonds is 12. The van der Waals surface area contributed by atoms with Crippen LogP contribution in [0.4, 0.5) is 8.78 Å². The van der Waals surface area contributed by atoms with Gasteiger partial charge in [0.2, 0.25) is 0 Å². The molecule has 4 rings (SSSR count). The fourth-order valence-corrected chi connectivity index (χ4v) is 5.16. The molecule has 0 atom stereocenters. The molecule has 206 valence electrons. The molecular weight excluding hydrogens is 504 g/mol. The number of likely N-dealkylation sites (tertiary alicyclic amines) is 1. The van der Waals surface area contributed by atoms with Crippen LogP contribution in [0.25, 0.3) is 0 Å². The minimum atomic E-state index is -1.52. The molecule has 1 saturated heterocycles. The van der Waals surface area contributed by atoms with E-state index in [1.54, 1.807) is 6.07 Å². The number of carboxylic acids is 1. The SMILES string of the molecule is COc1cc(C(=O)C(=O)O)ccc1OCCCN1CCC(CC(c2ccc(F)cc2)c2ccc(F)cc2)CC1. The minimum absolute atomic E-state index is 0.0377. The molecule has 0 saturated carbocycles. The van der Waals surface area contributed by atoms with E-state index >= 15 is 0 Å². The van der Waals surface area contributed by atoms with Crippen LogP contribution < -0.4 is 9.47 Å². The van der Waals surface area contributed by atoms with Gasteiger partial charge < -0.3 is 19.5 Å². The van der Waals surface area contributed by atoms with Crippen molar-refractivity contribution in [2.75, 3.05) is 33.4 Å². The topological polar surface area (TPSA) is 76.1 Å². The first-order chi connectivity index (χ1) is 18.8. The molecule has 0 spiro atoms. The van der Waals surface area contributed by atoms with E-state index in [-0.39, 0.29) is 23.1 Å². The van der Waals surface area contributed by atoms with Crippen molar-refractivity contribution in [3.63, 3.8) is 0 Å². The van der Waals surface area contributed by atoms with Gasteiger partial charge in [0.15, 0.2) is 11.5 Å². The highest BCUT2D eigenvalue weighted by molar-refractivity contribution is 6.39. The summed E-state index contributed by atoms with van der Waals surface area (Å²) in [4.78, 5) is 25.0. The van der Waals surface area contributed by atoms with Crippen LogP contribution in [-0.2, 0) is 4.79 Å². The van der Waals surface area contributed by atoms with E-state index in [1.165, 1.54) is 43.5 Å². The molecule has 1 aliphatic heterocycles. The second-order valence-electron chi connectivity index (χ2n) is 9.88. The van der Waals surface area contributed by atoms with Crippen molar-refractivity contribution in [1.82, 2.24) is 4.90 Å². The number of benzene rings is 3. The van der Waals surface area contributed by atoms with Crippen molar-refractivity contribution < 1.29 is 33.0 Å². The van der Waals surface area contributed by atoms with E-state index in [1.807, 2.05) is 24.3 Å². The zero-order valence-electron chi connectivity index (χ0n) is 21.9. The lowest BCUT2D eigenvalue weighted by Gasteiger charge is -2.34. The second kappa shape index (κ2) is 13.3. The van der Waals surface area contributed by atoms with E-state index in [9.17, 15) is 18.4 Å². The maximum absolute atomic E-state index is 13.5. The minimum Gasteiger partial charge on any atom is -0.493 e. The lowest BCUT2D eigenvalue weighted by molar-refractivity contribution is -0.131. The largest absolute Gasteiger partial charge is 0.493 e. The lowest BCUT2D eigenvalue weighted by atomic mass is 9.80. The van der Waals surface area contributed by atoms with E-state index in [4.69, 9.17) is 14.6 Å². The van der Waals surface area contributed by atoms with Gasteiger partial charge in [-0.2, -0.15) is 0 Å². The number of ketones is 1. The van der Waals surface area contributed by atoms with Crippen LogP contribution in [0.3, 0.4) is 0 Å². The molecule has 0 aromatic heterocycles. The third-order valence-electron chi connectivity index (χ3n) is 7.32. The summed E-state index contributed by atoms with van der Waals surface area (Å²) in [5.41, 5.74) is 2.12. The highest BCUT2D eigenvalue weighted by atomic mass is 19.1. The first-order valence-corrected chi connectivity index (χ1v) is 13.2. The number of aliphatic carboxylic acids is 1. The molecule has 8 heteroatoms. The molecule has 0 unspecified atom stereocenters. The summed E-state index contributed by atoms with van der Waals surface area (Å²) >= 11 is 0. The summed E-state index contributed by atoms with van der Waals surface area (Å²) in [6, 6.07) is 17.6. The zero-order chi connectivity index (χ0) is 27.8. The predicted molar refractivity (Wildman–Crippen MR) is 143 cm³/mol. The molecule has 1 heterocycles. The maximum Gasteiger partial charge on any atom is 0.377 e. The first kappa shape index (κ1) is 28.2. The monoisotopic (exact) mass is 537 g/mol. The van der Waals surface area contributed by atoms with Crippen LogP contribution >= 0.6 is 0 Å². The Bertz CT molecular complexity index is 1210. The quantitative estimate of drug-likeness (QED) is 0.175. The number of piperidine rings is 1. The maximum atomic E-state index is 13.5. The number of carboxylic acid groups (broad SMARTS) is 1. The normalized spacial score (nSPS) is 14.4. The Morgan fingerprint density at radius 1 is 0.923 bits per heavy atom. The molecule has 39 heavy (non-hydrogen) atoms. The van der Waals surface area contributed by atoms with Crippen molar-refractivity contribution in [3.05, 3.63) is 95.1 Å². The van der Waals surface area contributed by atoms with Crippen LogP contribution in [0.5, 0.6) is 11.5 Å². The summed E-state index contributed by atoms with van der Waals surface area (Å²) in [6.07, 6.45) is 3.82. The Morgan fingerprint density at radius 2 is 1.51 bits per heavy atom. The molecule has 1 N–H and O–H groups in total. The van der Waals surface area contributed by atoms with Gasteiger partial charge in [-0.3, -0.25) is 4.79 Å². The van der Waals surface area contributed by atoms with Crippen molar-refractivity contribution in [3.8, 4) is 11.5 Å². The molecular formula is C31H33F2NO5. The third-order valence-corrected chi connectivity index (χ3v) is 7.32. The van der Waals surface area contributed by atoms with Crippen LogP contribution in [0.15, 0.2) is 66.7 Å². The van der Waals surface area contributed by atoms with Crippen LogP contribution in [0, 0.1) is 17.6 Å². The van der Waals surface area contributed by atoms with Gasteiger partial charge in [0, 0.05) is 18.0 Å². The molecule has 3 aromatic carbocycles. The Labute approximate surface area is 227 Å². The number of nitrogens with zero attached hydrogens (tertiary/aromatic N) is 1. The number of halogens is 2. The highest BCUT2D eigenvalue weighted by Crippen LogP contribution is 2.35. The number of hydrogen-bond donors (Lipinski definition) is 1. The molecule has 0 aliphatic carbocycles. The fraction of sp³-hybridized carbons (Fsp3) is 0.355. The van der Waals surface area contributed by atoms with Gasteiger partial charge in [-0.05, 0) is 98.3 Å². The van der Waals surface area contributed by atoms with Crippen molar-refractivity contribution >= 4 is 11.8 Å². The van der Waals surface area contributed by atoms with E-state index in [0.717, 1.165) is 56.4 Å². The van der Waals surface area contributed by atoms with E-state index in [0.29, 0.717) is 24.0 Å². The fourth-order valence-electron chi connectivity index (χ4n) is 5.16. The van der Waals surface area contributed by atoms with Gasteiger partial charge >= 0.3 is 5.97 Å². The van der Waals surface area contributed by atoms with E-state index < -0.39 is 11.8 Å². The standard InChI is InChI=1S/C31H33F2NO5/c1-38-29-20-24(30(35)31(36)37)7-12-28(29)39-18-2-15-34-16-13-21(14-17-34)19-27(22-3-8-25(32)9-4-22)23-5-10-26(33)11-6-23/h3-12,20-21,27H,2,13-19H2,1H3,(H,36,37). The smallest absolute Gasteiger partial charge is 0.377 e. The Hall–Kier alpha value is -3.78. The molecule has 6 nitrogen and oxygen atoms in total. The van der Waals surface area contributed by atoms with Gasteiger partial charge in [0.1, 0.15) is 11.6 Å². The summed E-state index contributed by atoms with van der Waals surface area (Å²) in [6.45, 7) is 3.28. The summed E-state index contributed by atoms with van der Waals surface area (Å²) in [7, 11) is 1.44. The summed E-state index contributed by atoms with van der Waals surface area (Å²) in [5.74, 6) is -1.67. The molecule has 3 aromatic rings. The molecule has 1 fully saturated rings. The number of carbonyl (C=O) groups is 2. The Morgan fingerprint density at radius 3 is 2.05 bits per heavy atom. The number of Topliss-reactive ketones (excluding diaryl/α,β-unsaturated/α-hetero) is 1. The van der Waals surface area contributed by atoms with Crippen molar-refractivity contribution in [2.45, 2.75) is 31.6 Å². The average molecular weight is 538 g/mol. The van der Waals surface area contributed by atoms with Gasteiger partial charge in [-0.25, -0.2) is 13.6 Å². The van der Waals surface area contributed by atoms with Gasteiger partial charge in [-0.1, -0.05) is 24.3 Å². The summed E-state index contributed by atoms with van der Waals surface area (Å²) in [5, 5.41) is 8.90. The molecule has 1 aliphatic rings. The van der Waals surface area contributed by atoms with Crippen LogP contribution in [0.1, 0.15) is 53.1 Å². The molecule has 0 bridgehead atoms. The first-order valence-electron chi connectivity index (χ1n) is 13.2. The average Bonchev–Trinajstić information content (AvgIpc) is 2.95. The third kappa shape index (κ3) is 7.63. The van der Waals surface area contributed by atoms with Crippen LogP contribution in [-0.4, -0.2) is 55.1 Å². The number of methoxy groups -OCH3 is 1. The lowest BCUT2D eigenvalue weighted by Crippen LogP contribution is -2.35. The van der Waals surface area contributed by atoms with Crippen LogP contribution in [0.2, 0.25) is 0 Å². The molecule has 0 radical (unpaired) electrons. The van der Waals surface area contributed by atoms with Gasteiger partial charge in [0.05, 0.1) is 13.7 Å². The van der Waals surface area contributed by atoms with Crippen molar-refractivity contribution in [1.29, 1.82) is 0 Å². The Kier molecular flexibility index (Phi) is 9.65. The summed E-state index contributed by atoms with van der Waals surface area (Å²) < 4.78 is 38.2. The highest BCUT2D eigenvalue weighted by Gasteiger charge is 2.24. The van der Waals surface area contributed by atoms with Crippen molar-refractivity contribution in [2.24, 2.45) is 5.92 Å². The Balaban J connectivity index is 1.26. The number of hydrogen-bond acceptors (Lipinski definition) is 5. The molecule has 0 amide bonds. The second-order valence-corrected chi connectivity index (χ2v) is 9.88.